The van der Waals surface area contributed by atoms with Gasteiger partial charge < -0.3 is 10.2 Å². The van der Waals surface area contributed by atoms with E-state index < -0.39 is 0 Å². The van der Waals surface area contributed by atoms with E-state index in [1.54, 1.807) is 29.2 Å². The van der Waals surface area contributed by atoms with Crippen LogP contribution in [0.15, 0.2) is 48.5 Å². The maximum atomic E-state index is 12.3. The fraction of sp³-hybridized carbons (Fsp3) is 0.125. The molecule has 2 aromatic rings. The van der Waals surface area contributed by atoms with Crippen LogP contribution in [0.25, 0.3) is 0 Å². The second kappa shape index (κ2) is 5.58. The van der Waals surface area contributed by atoms with Gasteiger partial charge in [-0.2, -0.15) is 0 Å². The number of benzene rings is 2. The molecule has 106 valence electrons. The number of para-hydroxylation sites is 2. The number of amides is 1. The number of anilines is 2. The third-order valence-corrected chi connectivity index (χ3v) is 3.57. The van der Waals surface area contributed by atoms with Gasteiger partial charge >= 0.3 is 0 Å². The van der Waals surface area contributed by atoms with Crippen LogP contribution < -0.4 is 10.2 Å². The van der Waals surface area contributed by atoms with Crippen LogP contribution in [-0.2, 0) is 4.79 Å². The Labute approximate surface area is 127 Å². The van der Waals surface area contributed by atoms with Crippen molar-refractivity contribution in [2.75, 3.05) is 23.3 Å². The number of nitrogens with zero attached hydrogens (tertiary/aromatic N) is 1. The molecule has 2 aromatic carbocycles. The average molecular weight is 301 g/mol. The molecule has 0 spiro atoms. The molecule has 5 heteroatoms. The molecular weight excluding hydrogens is 288 g/mol. The Balaban J connectivity index is 1.85. The summed E-state index contributed by atoms with van der Waals surface area (Å²) in [5, 5.41) is 3.32. The highest BCUT2D eigenvalue weighted by molar-refractivity contribution is 6.31. The van der Waals surface area contributed by atoms with Crippen LogP contribution >= 0.6 is 11.6 Å². The van der Waals surface area contributed by atoms with Gasteiger partial charge in [0.15, 0.2) is 5.78 Å². The molecule has 4 nitrogen and oxygen atoms in total. The summed E-state index contributed by atoms with van der Waals surface area (Å²) in [6, 6.07) is 14.3. The largest absolute Gasteiger partial charge is 0.353 e. The maximum Gasteiger partial charge on any atom is 0.243 e. The minimum absolute atomic E-state index is 0.0676. The number of nitrogens with one attached hydrogen (secondary N) is 1. The zero-order valence-corrected chi connectivity index (χ0v) is 11.9. The summed E-state index contributed by atoms with van der Waals surface area (Å²) in [6.07, 6.45) is 0. The van der Waals surface area contributed by atoms with E-state index in [4.69, 9.17) is 11.6 Å². The molecule has 1 aliphatic rings. The van der Waals surface area contributed by atoms with Gasteiger partial charge in [0, 0.05) is 10.6 Å². The van der Waals surface area contributed by atoms with Crippen LogP contribution in [-0.4, -0.2) is 24.8 Å². The van der Waals surface area contributed by atoms with E-state index in [1.807, 2.05) is 24.3 Å². The van der Waals surface area contributed by atoms with Crippen LogP contribution in [0.4, 0.5) is 11.4 Å². The molecule has 0 fully saturated rings. The van der Waals surface area contributed by atoms with Crippen molar-refractivity contribution in [2.24, 2.45) is 0 Å². The number of hydrogen-bond donors (Lipinski definition) is 1. The molecule has 0 saturated carbocycles. The van der Waals surface area contributed by atoms with E-state index in [0.717, 1.165) is 11.4 Å². The molecule has 0 unspecified atom stereocenters. The van der Waals surface area contributed by atoms with Gasteiger partial charge in [-0.05, 0) is 24.3 Å². The van der Waals surface area contributed by atoms with E-state index in [0.29, 0.717) is 10.6 Å². The van der Waals surface area contributed by atoms with Crippen molar-refractivity contribution in [1.29, 1.82) is 0 Å². The van der Waals surface area contributed by atoms with Crippen molar-refractivity contribution in [3.05, 3.63) is 59.1 Å². The second-order valence-corrected chi connectivity index (χ2v) is 5.29. The van der Waals surface area contributed by atoms with Crippen LogP contribution in [0.2, 0.25) is 5.02 Å². The van der Waals surface area contributed by atoms with Crippen LogP contribution in [0.5, 0.6) is 0 Å². The lowest BCUT2D eigenvalue weighted by Gasteiger charge is -2.30. The number of carbonyl (C=O) groups excluding carboxylic acids is 2. The Kier molecular flexibility index (Phi) is 3.62. The van der Waals surface area contributed by atoms with Gasteiger partial charge in [0.25, 0.3) is 0 Å². The highest BCUT2D eigenvalue weighted by Crippen LogP contribution is 2.28. The Morgan fingerprint density at radius 3 is 2.81 bits per heavy atom. The zero-order chi connectivity index (χ0) is 14.8. The summed E-state index contributed by atoms with van der Waals surface area (Å²) in [4.78, 5) is 25.8. The predicted molar refractivity (Wildman–Crippen MR) is 83.1 cm³/mol. The second-order valence-electron chi connectivity index (χ2n) is 4.85. The average Bonchev–Trinajstić information content (AvgIpc) is 2.47. The van der Waals surface area contributed by atoms with E-state index in [2.05, 4.69) is 5.32 Å². The summed E-state index contributed by atoms with van der Waals surface area (Å²) in [7, 11) is 0. The molecule has 0 aromatic heterocycles. The normalized spacial score (nSPS) is 13.6. The highest BCUT2D eigenvalue weighted by atomic mass is 35.5. The monoisotopic (exact) mass is 300 g/mol. The van der Waals surface area contributed by atoms with Gasteiger partial charge in [0.05, 0.1) is 24.5 Å². The topological polar surface area (TPSA) is 49.4 Å². The lowest BCUT2D eigenvalue weighted by Crippen LogP contribution is -2.41. The van der Waals surface area contributed by atoms with Gasteiger partial charge in [-0.1, -0.05) is 35.9 Å². The minimum Gasteiger partial charge on any atom is -0.353 e. The fourth-order valence-corrected chi connectivity index (χ4v) is 2.56. The first-order chi connectivity index (χ1) is 10.1. The van der Waals surface area contributed by atoms with Gasteiger partial charge in [0.1, 0.15) is 0 Å². The molecule has 0 bridgehead atoms. The van der Waals surface area contributed by atoms with Crippen molar-refractivity contribution >= 4 is 34.7 Å². The molecule has 3 rings (SSSR count). The number of carbonyl (C=O) groups is 2. The van der Waals surface area contributed by atoms with E-state index in [9.17, 15) is 9.59 Å². The fourth-order valence-electron chi connectivity index (χ4n) is 2.37. The van der Waals surface area contributed by atoms with Gasteiger partial charge in [-0.3, -0.25) is 9.59 Å². The predicted octanol–water partition coefficient (Wildman–Crippen LogP) is 2.98. The number of Topliss-reactive ketones (excluding diaryl/α,β-unsaturated/α-hetero) is 1. The Bertz CT molecular complexity index is 715. The third-order valence-electron chi connectivity index (χ3n) is 3.33. The first kappa shape index (κ1) is 13.6. The number of fused-ring (bicyclic) bond motifs is 1. The van der Waals surface area contributed by atoms with Crippen LogP contribution in [0.1, 0.15) is 10.4 Å². The number of hydrogen-bond acceptors (Lipinski definition) is 3. The summed E-state index contributed by atoms with van der Waals surface area (Å²) in [6.45, 7) is 0.314. The summed E-state index contributed by atoms with van der Waals surface area (Å²) >= 11 is 5.91. The van der Waals surface area contributed by atoms with Gasteiger partial charge in [-0.15, -0.1) is 0 Å². The lowest BCUT2D eigenvalue weighted by molar-refractivity contribution is -0.115. The van der Waals surface area contributed by atoms with Gasteiger partial charge in [-0.25, -0.2) is 0 Å². The molecule has 0 radical (unpaired) electrons. The Morgan fingerprint density at radius 2 is 2.00 bits per heavy atom. The lowest BCUT2D eigenvalue weighted by atomic mass is 10.1. The third kappa shape index (κ3) is 2.90. The van der Waals surface area contributed by atoms with Crippen molar-refractivity contribution < 1.29 is 9.59 Å². The number of rotatable bonds is 3. The van der Waals surface area contributed by atoms with Gasteiger partial charge in [0.2, 0.25) is 5.91 Å². The Morgan fingerprint density at radius 1 is 1.19 bits per heavy atom. The van der Waals surface area contributed by atoms with Crippen LogP contribution in [0.3, 0.4) is 0 Å². The minimum atomic E-state index is -0.118. The molecule has 21 heavy (non-hydrogen) atoms. The summed E-state index contributed by atoms with van der Waals surface area (Å²) in [5.41, 5.74) is 2.13. The van der Waals surface area contributed by atoms with Crippen molar-refractivity contribution in [3.8, 4) is 0 Å². The molecule has 0 atom stereocenters. The molecule has 1 amide bonds. The zero-order valence-electron chi connectivity index (χ0n) is 11.2. The van der Waals surface area contributed by atoms with E-state index >= 15 is 0 Å². The summed E-state index contributed by atoms with van der Waals surface area (Å²) in [5.74, 6) is -0.186. The number of ketones is 1. The standard InChI is InChI=1S/C16H13ClN2O2/c17-12-5-3-4-11(8-12)15(20)9-19-10-16(21)18-13-6-1-2-7-14(13)19/h1-8H,9-10H2,(H,18,21). The van der Waals surface area contributed by atoms with Crippen molar-refractivity contribution in [1.82, 2.24) is 0 Å². The van der Waals surface area contributed by atoms with Crippen LogP contribution in [0, 0.1) is 0 Å². The molecular formula is C16H13ClN2O2. The van der Waals surface area contributed by atoms with E-state index in [1.165, 1.54) is 0 Å². The first-order valence-corrected chi connectivity index (χ1v) is 6.94. The maximum absolute atomic E-state index is 12.3. The molecule has 0 aliphatic carbocycles. The molecule has 1 N–H and O–H groups in total. The highest BCUT2D eigenvalue weighted by Gasteiger charge is 2.23. The van der Waals surface area contributed by atoms with E-state index in [-0.39, 0.29) is 24.8 Å². The SMILES string of the molecule is O=C1CN(CC(=O)c2cccc(Cl)c2)c2ccccc2N1. The van der Waals surface area contributed by atoms with Crippen molar-refractivity contribution in [2.45, 2.75) is 0 Å². The number of halogens is 1. The van der Waals surface area contributed by atoms with Crippen molar-refractivity contribution in [3.63, 3.8) is 0 Å². The molecule has 0 saturated heterocycles. The first-order valence-electron chi connectivity index (χ1n) is 6.56. The molecule has 1 heterocycles. The smallest absolute Gasteiger partial charge is 0.243 e. The summed E-state index contributed by atoms with van der Waals surface area (Å²) < 4.78 is 0. The molecule has 1 aliphatic heterocycles. The quantitative estimate of drug-likeness (QED) is 0.887. The Hall–Kier alpha value is -2.33.